The topological polar surface area (TPSA) is 75.6 Å². The summed E-state index contributed by atoms with van der Waals surface area (Å²) in [4.78, 5) is 39.5. The molecule has 162 valence electrons. The minimum atomic E-state index is -0.482. The quantitative estimate of drug-likeness (QED) is 0.442. The Morgan fingerprint density at radius 2 is 1.66 bits per heavy atom. The minimum absolute atomic E-state index is 0.0426. The molecule has 0 aliphatic carbocycles. The number of aromatic nitrogens is 2. The number of para-hydroxylation sites is 2. The molecule has 0 saturated carbocycles. The molecule has 5 rings (SSSR count). The lowest BCUT2D eigenvalue weighted by molar-refractivity contribution is 0.0519. The number of fused-ring (bicyclic) bond motifs is 2. The van der Waals surface area contributed by atoms with Crippen molar-refractivity contribution in [2.24, 2.45) is 0 Å². The first-order chi connectivity index (χ1) is 15.6. The van der Waals surface area contributed by atoms with Gasteiger partial charge in [-0.15, -0.1) is 11.3 Å². The summed E-state index contributed by atoms with van der Waals surface area (Å²) in [5, 5.41) is 1.09. The standard InChI is InChI=1S/C24H22N4O3S/c1-2-31-24(30)21-22(26-18-9-5-4-8-17(18)25-21)27-11-13-28(14-12-27)23(29)20-15-16-7-3-6-10-19(16)32-20/h3-10,15H,2,11-14H2,1H3. The van der Waals surface area contributed by atoms with Crippen molar-refractivity contribution in [3.8, 4) is 0 Å². The second-order valence-electron chi connectivity index (χ2n) is 7.53. The number of amides is 1. The maximum Gasteiger partial charge on any atom is 0.360 e. The number of hydrogen-bond donors (Lipinski definition) is 0. The summed E-state index contributed by atoms with van der Waals surface area (Å²) in [5.41, 5.74) is 1.59. The van der Waals surface area contributed by atoms with Crippen molar-refractivity contribution in [3.05, 3.63) is 65.2 Å². The van der Waals surface area contributed by atoms with Gasteiger partial charge in [0.1, 0.15) is 0 Å². The zero-order chi connectivity index (χ0) is 22.1. The number of esters is 1. The predicted octanol–water partition coefficient (Wildman–Crippen LogP) is 3.98. The molecule has 1 aliphatic heterocycles. The van der Waals surface area contributed by atoms with Crippen LogP contribution in [0.5, 0.6) is 0 Å². The molecule has 32 heavy (non-hydrogen) atoms. The van der Waals surface area contributed by atoms with Crippen LogP contribution in [0.2, 0.25) is 0 Å². The predicted molar refractivity (Wildman–Crippen MR) is 125 cm³/mol. The van der Waals surface area contributed by atoms with E-state index in [1.807, 2.05) is 64.4 Å². The lowest BCUT2D eigenvalue weighted by Crippen LogP contribution is -2.49. The minimum Gasteiger partial charge on any atom is -0.461 e. The van der Waals surface area contributed by atoms with Gasteiger partial charge in [0.15, 0.2) is 11.5 Å². The van der Waals surface area contributed by atoms with E-state index in [0.717, 1.165) is 20.5 Å². The Bertz CT molecular complexity index is 1280. The number of carbonyl (C=O) groups excluding carboxylic acids is 2. The SMILES string of the molecule is CCOC(=O)c1nc2ccccc2nc1N1CCN(C(=O)c2cc3ccccc3s2)CC1. The summed E-state index contributed by atoms with van der Waals surface area (Å²) in [5.74, 6) is 0.0710. The number of piperazine rings is 1. The second-order valence-corrected chi connectivity index (χ2v) is 8.62. The van der Waals surface area contributed by atoms with E-state index in [9.17, 15) is 9.59 Å². The molecule has 7 nitrogen and oxygen atoms in total. The van der Waals surface area contributed by atoms with Crippen molar-refractivity contribution in [2.75, 3.05) is 37.7 Å². The van der Waals surface area contributed by atoms with Gasteiger partial charge in [0, 0.05) is 30.9 Å². The molecule has 0 atom stereocenters. The highest BCUT2D eigenvalue weighted by Gasteiger charge is 2.28. The van der Waals surface area contributed by atoms with Crippen molar-refractivity contribution in [1.82, 2.24) is 14.9 Å². The molecule has 0 spiro atoms. The monoisotopic (exact) mass is 446 g/mol. The van der Waals surface area contributed by atoms with Gasteiger partial charge in [-0.3, -0.25) is 4.79 Å². The van der Waals surface area contributed by atoms with Crippen molar-refractivity contribution in [2.45, 2.75) is 6.92 Å². The number of anilines is 1. The van der Waals surface area contributed by atoms with Crippen LogP contribution in [-0.4, -0.2) is 59.5 Å². The Hall–Kier alpha value is -3.52. The van der Waals surface area contributed by atoms with Gasteiger partial charge in [-0.2, -0.15) is 0 Å². The Balaban J connectivity index is 1.38. The third-order valence-corrected chi connectivity index (χ3v) is 6.63. The Morgan fingerprint density at radius 3 is 2.38 bits per heavy atom. The molecule has 8 heteroatoms. The van der Waals surface area contributed by atoms with Gasteiger partial charge in [-0.05, 0) is 36.6 Å². The third kappa shape index (κ3) is 3.78. The summed E-state index contributed by atoms with van der Waals surface area (Å²) < 4.78 is 6.33. The fraction of sp³-hybridized carbons (Fsp3) is 0.250. The lowest BCUT2D eigenvalue weighted by atomic mass is 10.2. The molecular weight excluding hydrogens is 424 g/mol. The normalized spacial score (nSPS) is 14.2. The molecule has 0 unspecified atom stereocenters. The highest BCUT2D eigenvalue weighted by atomic mass is 32.1. The van der Waals surface area contributed by atoms with Crippen molar-refractivity contribution in [1.29, 1.82) is 0 Å². The van der Waals surface area contributed by atoms with Gasteiger partial charge in [-0.25, -0.2) is 14.8 Å². The molecule has 0 radical (unpaired) electrons. The summed E-state index contributed by atoms with van der Waals surface area (Å²) >= 11 is 1.52. The Labute approximate surface area is 189 Å². The summed E-state index contributed by atoms with van der Waals surface area (Å²) in [7, 11) is 0. The van der Waals surface area contributed by atoms with Crippen LogP contribution >= 0.6 is 11.3 Å². The van der Waals surface area contributed by atoms with Crippen LogP contribution < -0.4 is 4.90 Å². The van der Waals surface area contributed by atoms with Gasteiger partial charge in [0.2, 0.25) is 0 Å². The van der Waals surface area contributed by atoms with E-state index >= 15 is 0 Å². The highest BCUT2D eigenvalue weighted by molar-refractivity contribution is 7.20. The smallest absolute Gasteiger partial charge is 0.360 e. The van der Waals surface area contributed by atoms with Crippen LogP contribution in [0, 0.1) is 0 Å². The first-order valence-corrected chi connectivity index (χ1v) is 11.4. The summed E-state index contributed by atoms with van der Waals surface area (Å²) in [6.07, 6.45) is 0. The maximum atomic E-state index is 13.1. The van der Waals surface area contributed by atoms with Gasteiger partial charge in [0.05, 0.1) is 22.5 Å². The van der Waals surface area contributed by atoms with E-state index in [4.69, 9.17) is 9.72 Å². The molecule has 1 aliphatic rings. The van der Waals surface area contributed by atoms with Crippen molar-refractivity contribution >= 4 is 50.2 Å². The molecule has 0 bridgehead atoms. The lowest BCUT2D eigenvalue weighted by Gasteiger charge is -2.35. The van der Waals surface area contributed by atoms with Crippen molar-refractivity contribution < 1.29 is 14.3 Å². The van der Waals surface area contributed by atoms with E-state index < -0.39 is 5.97 Å². The number of carbonyl (C=O) groups is 2. The van der Waals surface area contributed by atoms with Crippen LogP contribution in [0.25, 0.3) is 21.1 Å². The number of thiophene rings is 1. The molecule has 1 amide bonds. The molecule has 0 N–H and O–H groups in total. The van der Waals surface area contributed by atoms with Gasteiger partial charge >= 0.3 is 5.97 Å². The van der Waals surface area contributed by atoms with Crippen LogP contribution in [0.15, 0.2) is 54.6 Å². The van der Waals surface area contributed by atoms with Crippen LogP contribution in [-0.2, 0) is 4.74 Å². The average Bonchev–Trinajstić information content (AvgIpc) is 3.27. The van der Waals surface area contributed by atoms with E-state index in [-0.39, 0.29) is 18.2 Å². The molecule has 1 saturated heterocycles. The first-order valence-electron chi connectivity index (χ1n) is 10.6. The molecular formula is C24H22N4O3S. The van der Waals surface area contributed by atoms with Crippen LogP contribution in [0.4, 0.5) is 5.82 Å². The van der Waals surface area contributed by atoms with Gasteiger partial charge in [-0.1, -0.05) is 30.3 Å². The Kier molecular flexibility index (Phi) is 5.45. The molecule has 2 aromatic carbocycles. The summed E-state index contributed by atoms with van der Waals surface area (Å²) in [6.45, 7) is 4.26. The number of ether oxygens (including phenoxy) is 1. The van der Waals surface area contributed by atoms with Crippen LogP contribution in [0.1, 0.15) is 27.1 Å². The fourth-order valence-corrected chi connectivity index (χ4v) is 4.94. The van der Waals surface area contributed by atoms with Crippen molar-refractivity contribution in [3.63, 3.8) is 0 Å². The Morgan fingerprint density at radius 1 is 0.969 bits per heavy atom. The molecule has 3 heterocycles. The zero-order valence-electron chi connectivity index (χ0n) is 17.7. The highest BCUT2D eigenvalue weighted by Crippen LogP contribution is 2.28. The average molecular weight is 447 g/mol. The number of nitrogens with zero attached hydrogens (tertiary/aromatic N) is 4. The van der Waals surface area contributed by atoms with Gasteiger partial charge in [0.25, 0.3) is 5.91 Å². The number of hydrogen-bond acceptors (Lipinski definition) is 7. The van der Waals surface area contributed by atoms with Crippen LogP contribution in [0.3, 0.4) is 0 Å². The third-order valence-electron chi connectivity index (χ3n) is 5.52. The largest absolute Gasteiger partial charge is 0.461 e. The van der Waals surface area contributed by atoms with E-state index in [1.54, 1.807) is 6.92 Å². The number of benzene rings is 2. The first kappa shape index (κ1) is 20.4. The molecule has 4 aromatic rings. The van der Waals surface area contributed by atoms with Gasteiger partial charge < -0.3 is 14.5 Å². The van der Waals surface area contributed by atoms with E-state index in [0.29, 0.717) is 37.5 Å². The zero-order valence-corrected chi connectivity index (χ0v) is 18.5. The second kappa shape index (κ2) is 8.55. The number of rotatable bonds is 4. The molecule has 1 fully saturated rings. The maximum absolute atomic E-state index is 13.1. The summed E-state index contributed by atoms with van der Waals surface area (Å²) in [6, 6.07) is 17.4. The van der Waals surface area contributed by atoms with E-state index in [1.165, 1.54) is 11.3 Å². The van der Waals surface area contributed by atoms with E-state index in [2.05, 4.69) is 4.98 Å². The molecule has 2 aromatic heterocycles. The fourth-order valence-electron chi connectivity index (χ4n) is 3.91.